The minimum Gasteiger partial charge on any atom is -0.495 e. The van der Waals surface area contributed by atoms with Crippen LogP contribution in [0.3, 0.4) is 0 Å². The predicted molar refractivity (Wildman–Crippen MR) is 113 cm³/mol. The van der Waals surface area contributed by atoms with Gasteiger partial charge in [-0.25, -0.2) is 0 Å². The van der Waals surface area contributed by atoms with Crippen molar-refractivity contribution in [3.05, 3.63) is 23.8 Å². The first kappa shape index (κ1) is 22.8. The molecule has 0 fully saturated rings. The topological polar surface area (TPSA) is 74.8 Å². The molecule has 1 aromatic carbocycles. The number of nitrogens with one attached hydrogen (secondary N) is 3. The third-order valence-corrected chi connectivity index (χ3v) is 4.45. The van der Waals surface area contributed by atoms with Crippen LogP contribution in [0.4, 0.5) is 5.69 Å². The second kappa shape index (κ2) is 11.5. The number of aliphatic imine (C=N–C) groups is 1. The Bertz CT molecular complexity index is 627. The molecule has 0 saturated heterocycles. The number of ether oxygens (including phenoxy) is 1. The maximum atomic E-state index is 11.4. The molecule has 27 heavy (non-hydrogen) atoms. The van der Waals surface area contributed by atoms with E-state index < -0.39 is 0 Å². The van der Waals surface area contributed by atoms with E-state index in [4.69, 9.17) is 4.74 Å². The lowest BCUT2D eigenvalue weighted by Gasteiger charge is -2.26. The summed E-state index contributed by atoms with van der Waals surface area (Å²) in [6.07, 6.45) is 4.98. The normalized spacial score (nSPS) is 11.9. The van der Waals surface area contributed by atoms with Crippen LogP contribution in [0.25, 0.3) is 0 Å². The largest absolute Gasteiger partial charge is 0.495 e. The van der Waals surface area contributed by atoms with Crippen molar-refractivity contribution in [1.82, 2.24) is 10.6 Å². The van der Waals surface area contributed by atoms with Crippen LogP contribution in [0.5, 0.6) is 5.75 Å². The number of guanidine groups is 1. The van der Waals surface area contributed by atoms with Crippen LogP contribution in [0.15, 0.2) is 23.2 Å². The third-order valence-electron chi connectivity index (χ3n) is 4.45. The Morgan fingerprint density at radius 3 is 2.56 bits per heavy atom. The highest BCUT2D eigenvalue weighted by Crippen LogP contribution is 2.25. The monoisotopic (exact) mass is 376 g/mol. The van der Waals surface area contributed by atoms with Gasteiger partial charge in [0, 0.05) is 27.1 Å². The molecule has 0 aliphatic rings. The van der Waals surface area contributed by atoms with Crippen molar-refractivity contribution in [2.75, 3.05) is 26.0 Å². The van der Waals surface area contributed by atoms with Crippen LogP contribution in [-0.2, 0) is 11.3 Å². The molecule has 1 aromatic rings. The van der Waals surface area contributed by atoms with Gasteiger partial charge in [-0.3, -0.25) is 9.79 Å². The van der Waals surface area contributed by atoms with E-state index in [0.717, 1.165) is 18.1 Å². The van der Waals surface area contributed by atoms with Crippen molar-refractivity contribution in [2.45, 2.75) is 59.9 Å². The summed E-state index contributed by atoms with van der Waals surface area (Å²) in [7, 11) is 3.36. The zero-order valence-electron chi connectivity index (χ0n) is 17.7. The van der Waals surface area contributed by atoms with E-state index in [0.29, 0.717) is 18.0 Å². The second-order valence-electron chi connectivity index (χ2n) is 7.62. The van der Waals surface area contributed by atoms with Crippen LogP contribution in [-0.4, -0.2) is 32.6 Å². The Balaban J connectivity index is 2.60. The number of nitrogens with zero attached hydrogens (tertiary/aromatic N) is 1. The Kier molecular flexibility index (Phi) is 9.68. The highest BCUT2D eigenvalue weighted by Gasteiger charge is 2.17. The molecule has 0 aliphatic carbocycles. The number of benzene rings is 1. The molecule has 0 heterocycles. The summed E-state index contributed by atoms with van der Waals surface area (Å²) in [6, 6.07) is 5.74. The summed E-state index contributed by atoms with van der Waals surface area (Å²) in [5, 5.41) is 9.55. The first-order valence-electron chi connectivity index (χ1n) is 9.70. The molecule has 6 nitrogen and oxygen atoms in total. The molecule has 6 heteroatoms. The number of methoxy groups -OCH3 is 1. The van der Waals surface area contributed by atoms with Gasteiger partial charge in [-0.05, 0) is 29.5 Å². The quantitative estimate of drug-likeness (QED) is 0.329. The van der Waals surface area contributed by atoms with E-state index in [-0.39, 0.29) is 11.3 Å². The molecular weight excluding hydrogens is 340 g/mol. The lowest BCUT2D eigenvalue weighted by Crippen LogP contribution is -2.41. The van der Waals surface area contributed by atoms with Crippen molar-refractivity contribution < 1.29 is 9.53 Å². The van der Waals surface area contributed by atoms with Gasteiger partial charge >= 0.3 is 0 Å². The van der Waals surface area contributed by atoms with E-state index in [2.05, 4.69) is 41.7 Å². The maximum absolute atomic E-state index is 11.4. The van der Waals surface area contributed by atoms with Crippen molar-refractivity contribution in [3.8, 4) is 5.75 Å². The van der Waals surface area contributed by atoms with Crippen LogP contribution < -0.4 is 20.7 Å². The maximum Gasteiger partial charge on any atom is 0.221 e. The number of carbonyl (C=O) groups is 1. The summed E-state index contributed by atoms with van der Waals surface area (Å²) in [5.74, 6) is 1.29. The Morgan fingerprint density at radius 1 is 1.22 bits per heavy atom. The average Bonchev–Trinajstić information content (AvgIpc) is 2.61. The number of rotatable bonds is 10. The summed E-state index contributed by atoms with van der Waals surface area (Å²) in [4.78, 5) is 15.7. The van der Waals surface area contributed by atoms with Gasteiger partial charge in [0.2, 0.25) is 5.91 Å². The van der Waals surface area contributed by atoms with Crippen LogP contribution in [0, 0.1) is 5.41 Å². The summed E-state index contributed by atoms with van der Waals surface area (Å²) in [5.41, 5.74) is 1.93. The van der Waals surface area contributed by atoms with E-state index in [1.807, 2.05) is 18.2 Å². The number of unbranched alkanes of at least 4 members (excludes halogenated alkanes) is 2. The molecule has 0 bridgehead atoms. The minimum atomic E-state index is -0.124. The fourth-order valence-corrected chi connectivity index (χ4v) is 2.82. The molecule has 0 aliphatic heterocycles. The molecule has 152 valence electrons. The number of hydrogen-bond donors (Lipinski definition) is 3. The fraction of sp³-hybridized carbons (Fsp3) is 0.619. The van der Waals surface area contributed by atoms with E-state index in [1.54, 1.807) is 14.2 Å². The van der Waals surface area contributed by atoms with Gasteiger partial charge in [0.15, 0.2) is 5.96 Å². The summed E-state index contributed by atoms with van der Waals surface area (Å²) >= 11 is 0. The summed E-state index contributed by atoms with van der Waals surface area (Å²) < 4.78 is 5.29. The highest BCUT2D eigenvalue weighted by molar-refractivity contribution is 5.90. The number of amides is 1. The molecule has 3 N–H and O–H groups in total. The Labute approximate surface area is 164 Å². The average molecular weight is 377 g/mol. The standard InChI is InChI=1S/C21H36N4O2/c1-7-8-9-12-21(3,4)15-24-20(22-5)23-14-17-10-11-19(27-6)18(13-17)25-16(2)26/h10-11,13H,7-9,12,14-15H2,1-6H3,(H,25,26)(H2,22,23,24). The number of hydrogen-bond acceptors (Lipinski definition) is 3. The van der Waals surface area contributed by atoms with Gasteiger partial charge in [-0.15, -0.1) is 0 Å². The second-order valence-corrected chi connectivity index (χ2v) is 7.62. The summed E-state index contributed by atoms with van der Waals surface area (Å²) in [6.45, 7) is 9.76. The van der Waals surface area contributed by atoms with Crippen LogP contribution in [0.1, 0.15) is 58.9 Å². The molecule has 1 rings (SSSR count). The van der Waals surface area contributed by atoms with Gasteiger partial charge in [0.1, 0.15) is 5.75 Å². The highest BCUT2D eigenvalue weighted by atomic mass is 16.5. The van der Waals surface area contributed by atoms with Crippen molar-refractivity contribution in [2.24, 2.45) is 10.4 Å². The van der Waals surface area contributed by atoms with Crippen LogP contribution >= 0.6 is 0 Å². The van der Waals surface area contributed by atoms with Crippen molar-refractivity contribution in [3.63, 3.8) is 0 Å². The lowest BCUT2D eigenvalue weighted by atomic mass is 9.87. The first-order chi connectivity index (χ1) is 12.8. The van der Waals surface area contributed by atoms with Crippen LogP contribution in [0.2, 0.25) is 0 Å². The van der Waals surface area contributed by atoms with Gasteiger partial charge in [-0.2, -0.15) is 0 Å². The van der Waals surface area contributed by atoms with Gasteiger partial charge in [0.05, 0.1) is 12.8 Å². The molecule has 0 spiro atoms. The molecular formula is C21H36N4O2. The molecule has 0 atom stereocenters. The Morgan fingerprint density at radius 2 is 1.96 bits per heavy atom. The van der Waals surface area contributed by atoms with Gasteiger partial charge < -0.3 is 20.7 Å². The zero-order chi connectivity index (χ0) is 20.3. The molecule has 0 aromatic heterocycles. The van der Waals surface area contributed by atoms with E-state index in [1.165, 1.54) is 32.6 Å². The Hall–Kier alpha value is -2.24. The lowest BCUT2D eigenvalue weighted by molar-refractivity contribution is -0.114. The van der Waals surface area contributed by atoms with E-state index >= 15 is 0 Å². The molecule has 0 unspecified atom stereocenters. The van der Waals surface area contributed by atoms with E-state index in [9.17, 15) is 4.79 Å². The zero-order valence-corrected chi connectivity index (χ0v) is 17.7. The molecule has 0 saturated carbocycles. The SMILES string of the molecule is CCCCCC(C)(C)CNC(=NC)NCc1ccc(OC)c(NC(C)=O)c1. The fourth-order valence-electron chi connectivity index (χ4n) is 2.82. The van der Waals surface area contributed by atoms with Gasteiger partial charge in [-0.1, -0.05) is 46.1 Å². The van der Waals surface area contributed by atoms with Crippen molar-refractivity contribution in [1.29, 1.82) is 0 Å². The van der Waals surface area contributed by atoms with Gasteiger partial charge in [0.25, 0.3) is 0 Å². The predicted octanol–water partition coefficient (Wildman–Crippen LogP) is 3.93. The first-order valence-corrected chi connectivity index (χ1v) is 9.70. The molecule has 1 amide bonds. The minimum absolute atomic E-state index is 0.124. The van der Waals surface area contributed by atoms with Crippen molar-refractivity contribution >= 4 is 17.6 Å². The molecule has 0 radical (unpaired) electrons. The number of carbonyl (C=O) groups excluding carboxylic acids is 1. The third kappa shape index (κ3) is 8.80. The number of anilines is 1. The smallest absolute Gasteiger partial charge is 0.221 e.